The van der Waals surface area contributed by atoms with Crippen molar-refractivity contribution in [1.82, 2.24) is 24.7 Å². The van der Waals surface area contributed by atoms with Gasteiger partial charge in [-0.2, -0.15) is 4.98 Å². The third-order valence-electron chi connectivity index (χ3n) is 3.57. The van der Waals surface area contributed by atoms with Crippen molar-refractivity contribution < 1.29 is 8.91 Å². The van der Waals surface area contributed by atoms with Gasteiger partial charge in [-0.15, -0.1) is 10.2 Å². The second-order valence-electron chi connectivity index (χ2n) is 5.21. The second kappa shape index (κ2) is 5.28. The summed E-state index contributed by atoms with van der Waals surface area (Å²) in [5.41, 5.74) is 2.49. The molecule has 0 amide bonds. The van der Waals surface area contributed by atoms with Crippen molar-refractivity contribution >= 4 is 5.65 Å². The first-order chi connectivity index (χ1) is 11.2. The number of rotatable bonds is 3. The summed E-state index contributed by atoms with van der Waals surface area (Å²) < 4.78 is 20.1. The molecule has 0 saturated heterocycles. The Morgan fingerprint density at radius 2 is 1.91 bits per heavy atom. The normalized spacial score (nSPS) is 11.2. The minimum Gasteiger partial charge on any atom is -0.339 e. The SMILES string of the molecule is Cc1nnc2ccc(-c3noc(Cc4ccc(F)cc4)n3)cn12. The van der Waals surface area contributed by atoms with Crippen LogP contribution in [0.1, 0.15) is 17.3 Å². The molecule has 0 aliphatic carbocycles. The largest absolute Gasteiger partial charge is 0.339 e. The molecule has 4 rings (SSSR count). The number of halogens is 1. The molecular formula is C16H12FN5O. The van der Waals surface area contributed by atoms with Gasteiger partial charge in [0.25, 0.3) is 0 Å². The average Bonchev–Trinajstić information content (AvgIpc) is 3.17. The lowest BCUT2D eigenvalue weighted by Crippen LogP contribution is -1.91. The molecule has 7 heteroatoms. The Hall–Kier alpha value is -3.09. The van der Waals surface area contributed by atoms with Crippen LogP contribution in [-0.2, 0) is 6.42 Å². The zero-order valence-electron chi connectivity index (χ0n) is 12.3. The van der Waals surface area contributed by atoms with Gasteiger partial charge < -0.3 is 4.52 Å². The third-order valence-corrected chi connectivity index (χ3v) is 3.57. The van der Waals surface area contributed by atoms with E-state index in [-0.39, 0.29) is 5.82 Å². The van der Waals surface area contributed by atoms with Gasteiger partial charge in [-0.05, 0) is 36.8 Å². The fraction of sp³-hybridized carbons (Fsp3) is 0.125. The Morgan fingerprint density at radius 3 is 2.74 bits per heavy atom. The van der Waals surface area contributed by atoms with Crippen molar-refractivity contribution in [2.45, 2.75) is 13.3 Å². The summed E-state index contributed by atoms with van der Waals surface area (Å²) >= 11 is 0. The van der Waals surface area contributed by atoms with E-state index in [9.17, 15) is 4.39 Å². The maximum Gasteiger partial charge on any atom is 0.231 e. The van der Waals surface area contributed by atoms with Crippen LogP contribution in [0.3, 0.4) is 0 Å². The summed E-state index contributed by atoms with van der Waals surface area (Å²) in [6.07, 6.45) is 2.33. The number of hydrogen-bond acceptors (Lipinski definition) is 5. The highest BCUT2D eigenvalue weighted by Gasteiger charge is 2.11. The molecule has 3 aromatic heterocycles. The van der Waals surface area contributed by atoms with Gasteiger partial charge in [0.05, 0.1) is 6.42 Å². The Bertz CT molecular complexity index is 974. The average molecular weight is 309 g/mol. The minimum absolute atomic E-state index is 0.266. The van der Waals surface area contributed by atoms with E-state index in [2.05, 4.69) is 20.3 Å². The van der Waals surface area contributed by atoms with E-state index in [0.29, 0.717) is 18.1 Å². The Balaban J connectivity index is 1.63. The van der Waals surface area contributed by atoms with Crippen LogP contribution >= 0.6 is 0 Å². The quantitative estimate of drug-likeness (QED) is 0.582. The number of aromatic nitrogens is 5. The first-order valence-corrected chi connectivity index (χ1v) is 7.08. The van der Waals surface area contributed by atoms with Crippen molar-refractivity contribution in [3.8, 4) is 11.4 Å². The summed E-state index contributed by atoms with van der Waals surface area (Å²) in [7, 11) is 0. The molecule has 4 aromatic rings. The first-order valence-electron chi connectivity index (χ1n) is 7.08. The van der Waals surface area contributed by atoms with Crippen LogP contribution in [0.15, 0.2) is 47.1 Å². The molecule has 6 nitrogen and oxygen atoms in total. The molecule has 0 unspecified atom stereocenters. The van der Waals surface area contributed by atoms with E-state index in [1.54, 1.807) is 12.1 Å². The van der Waals surface area contributed by atoms with Gasteiger partial charge in [0.2, 0.25) is 11.7 Å². The van der Waals surface area contributed by atoms with E-state index in [1.807, 2.05) is 29.7 Å². The van der Waals surface area contributed by atoms with Crippen LogP contribution in [0.4, 0.5) is 4.39 Å². The molecule has 0 aliphatic rings. The highest BCUT2D eigenvalue weighted by molar-refractivity contribution is 5.57. The smallest absolute Gasteiger partial charge is 0.231 e. The minimum atomic E-state index is -0.266. The fourth-order valence-corrected chi connectivity index (χ4v) is 2.36. The maximum absolute atomic E-state index is 12.9. The van der Waals surface area contributed by atoms with Crippen LogP contribution in [0.5, 0.6) is 0 Å². The van der Waals surface area contributed by atoms with Crippen molar-refractivity contribution in [2.24, 2.45) is 0 Å². The van der Waals surface area contributed by atoms with Crippen molar-refractivity contribution in [1.29, 1.82) is 0 Å². The highest BCUT2D eigenvalue weighted by atomic mass is 19.1. The van der Waals surface area contributed by atoms with Gasteiger partial charge in [0.1, 0.15) is 11.6 Å². The van der Waals surface area contributed by atoms with E-state index in [0.717, 1.165) is 22.6 Å². The van der Waals surface area contributed by atoms with Crippen LogP contribution < -0.4 is 0 Å². The van der Waals surface area contributed by atoms with Gasteiger partial charge in [-0.3, -0.25) is 4.40 Å². The van der Waals surface area contributed by atoms with Gasteiger partial charge in [0, 0.05) is 11.8 Å². The lowest BCUT2D eigenvalue weighted by atomic mass is 10.1. The van der Waals surface area contributed by atoms with Crippen LogP contribution in [0, 0.1) is 12.7 Å². The highest BCUT2D eigenvalue weighted by Crippen LogP contribution is 2.18. The van der Waals surface area contributed by atoms with Crippen molar-refractivity contribution in [3.63, 3.8) is 0 Å². The molecular weight excluding hydrogens is 297 g/mol. The lowest BCUT2D eigenvalue weighted by molar-refractivity contribution is 0.385. The summed E-state index contributed by atoms with van der Waals surface area (Å²) in [6.45, 7) is 1.87. The summed E-state index contributed by atoms with van der Waals surface area (Å²) in [6, 6.07) is 9.95. The number of pyridine rings is 1. The summed E-state index contributed by atoms with van der Waals surface area (Å²) in [4.78, 5) is 4.39. The molecule has 23 heavy (non-hydrogen) atoms. The van der Waals surface area contributed by atoms with Gasteiger partial charge in [-0.25, -0.2) is 4.39 Å². The van der Waals surface area contributed by atoms with Crippen LogP contribution in [0.25, 0.3) is 17.0 Å². The molecule has 0 aliphatic heterocycles. The van der Waals surface area contributed by atoms with Gasteiger partial charge >= 0.3 is 0 Å². The summed E-state index contributed by atoms with van der Waals surface area (Å²) in [5.74, 6) is 1.50. The zero-order valence-corrected chi connectivity index (χ0v) is 12.3. The second-order valence-corrected chi connectivity index (χ2v) is 5.21. The molecule has 0 radical (unpaired) electrons. The molecule has 0 fully saturated rings. The zero-order chi connectivity index (χ0) is 15.8. The monoisotopic (exact) mass is 309 g/mol. The Labute approximate surface area is 130 Å². The molecule has 0 atom stereocenters. The predicted molar refractivity (Wildman–Crippen MR) is 80.2 cm³/mol. The predicted octanol–water partition coefficient (Wildman–Crippen LogP) is 2.82. The van der Waals surface area contributed by atoms with Gasteiger partial charge in [0.15, 0.2) is 5.65 Å². The first kappa shape index (κ1) is 13.6. The fourth-order valence-electron chi connectivity index (χ4n) is 2.36. The molecule has 0 spiro atoms. The van der Waals surface area contributed by atoms with E-state index < -0.39 is 0 Å². The van der Waals surface area contributed by atoms with Crippen molar-refractivity contribution in [3.05, 3.63) is 65.7 Å². The lowest BCUT2D eigenvalue weighted by Gasteiger charge is -1.97. The summed E-state index contributed by atoms with van der Waals surface area (Å²) in [5, 5.41) is 12.1. The molecule has 3 heterocycles. The Morgan fingerprint density at radius 1 is 1.09 bits per heavy atom. The number of hydrogen-bond donors (Lipinski definition) is 0. The van der Waals surface area contributed by atoms with Crippen LogP contribution in [-0.4, -0.2) is 24.7 Å². The number of benzene rings is 1. The van der Waals surface area contributed by atoms with E-state index in [1.165, 1.54) is 12.1 Å². The maximum atomic E-state index is 12.9. The molecule has 0 saturated carbocycles. The standard InChI is InChI=1S/C16H12FN5O/c1-10-19-20-14-7-4-12(9-22(10)14)16-18-15(23-21-16)8-11-2-5-13(17)6-3-11/h2-7,9H,8H2,1H3. The molecule has 1 aromatic carbocycles. The third kappa shape index (κ3) is 2.57. The number of fused-ring (bicyclic) bond motifs is 1. The van der Waals surface area contributed by atoms with Gasteiger partial charge in [-0.1, -0.05) is 17.3 Å². The molecule has 0 bridgehead atoms. The number of aryl methyl sites for hydroxylation is 1. The Kier molecular flexibility index (Phi) is 3.11. The molecule has 0 N–H and O–H groups in total. The molecule has 114 valence electrons. The van der Waals surface area contributed by atoms with Crippen LogP contribution in [0.2, 0.25) is 0 Å². The van der Waals surface area contributed by atoms with E-state index >= 15 is 0 Å². The topological polar surface area (TPSA) is 69.1 Å². The number of nitrogens with zero attached hydrogens (tertiary/aromatic N) is 5. The van der Waals surface area contributed by atoms with E-state index in [4.69, 9.17) is 4.52 Å². The van der Waals surface area contributed by atoms with Crippen molar-refractivity contribution in [2.75, 3.05) is 0 Å².